The quantitative estimate of drug-likeness (QED) is 0.658. The monoisotopic (exact) mass is 261 g/mol. The smallest absolute Gasteiger partial charge is 0.203 e. The summed E-state index contributed by atoms with van der Waals surface area (Å²) in [5.74, 6) is 0.229. The number of phenolic OH excluding ortho intramolecular Hbond substituents is 1. The van der Waals surface area contributed by atoms with E-state index in [0.717, 1.165) is 22.1 Å². The Hall–Kier alpha value is -1.88. The number of nitrogens with zero attached hydrogens (tertiary/aromatic N) is 2. The summed E-state index contributed by atoms with van der Waals surface area (Å²) in [6, 6.07) is 7.12. The molecule has 0 amide bonds. The Balaban J connectivity index is 2.17. The molecule has 0 aliphatic heterocycles. The number of aromatic hydroxyl groups is 1. The van der Waals surface area contributed by atoms with Crippen molar-refractivity contribution in [1.82, 2.24) is 4.98 Å². The highest BCUT2D eigenvalue weighted by Crippen LogP contribution is 2.22. The Morgan fingerprint density at radius 2 is 2.06 bits per heavy atom. The highest BCUT2D eigenvalue weighted by molar-refractivity contribution is 7.15. The van der Waals surface area contributed by atoms with Crippen molar-refractivity contribution in [3.63, 3.8) is 0 Å². The van der Waals surface area contributed by atoms with Gasteiger partial charge >= 0.3 is 0 Å². The van der Waals surface area contributed by atoms with Crippen LogP contribution in [0.1, 0.15) is 23.1 Å². The summed E-state index contributed by atoms with van der Waals surface area (Å²) in [5, 5.41) is 14.7. The van der Waals surface area contributed by atoms with Gasteiger partial charge in [-0.3, -0.25) is 5.43 Å². The number of anilines is 1. The Bertz CT molecular complexity index is 570. The summed E-state index contributed by atoms with van der Waals surface area (Å²) in [6.45, 7) is 5.84. The Kier molecular flexibility index (Phi) is 3.62. The zero-order chi connectivity index (χ0) is 13.1. The van der Waals surface area contributed by atoms with Crippen LogP contribution in [-0.2, 0) is 0 Å². The minimum atomic E-state index is 0.229. The maximum atomic E-state index is 9.70. The molecule has 2 rings (SSSR count). The molecule has 5 heteroatoms. The van der Waals surface area contributed by atoms with E-state index in [1.807, 2.05) is 32.9 Å². The predicted octanol–water partition coefficient (Wildman–Crippen LogP) is 3.30. The molecule has 0 fully saturated rings. The lowest BCUT2D eigenvalue weighted by Crippen LogP contribution is -1.99. The molecule has 0 spiro atoms. The highest BCUT2D eigenvalue weighted by atomic mass is 32.1. The first-order chi connectivity index (χ1) is 8.58. The molecule has 2 aromatic rings. The van der Waals surface area contributed by atoms with Crippen LogP contribution in [-0.4, -0.2) is 15.8 Å². The highest BCUT2D eigenvalue weighted by Gasteiger charge is 2.05. The third kappa shape index (κ3) is 2.68. The van der Waals surface area contributed by atoms with E-state index in [9.17, 15) is 5.11 Å². The molecular weight excluding hydrogens is 246 g/mol. The summed E-state index contributed by atoms with van der Waals surface area (Å²) < 4.78 is 0. The molecule has 0 radical (unpaired) electrons. The van der Waals surface area contributed by atoms with Crippen molar-refractivity contribution in [3.8, 4) is 5.75 Å². The minimum Gasteiger partial charge on any atom is -0.507 e. The summed E-state index contributed by atoms with van der Waals surface area (Å²) >= 11 is 1.56. The van der Waals surface area contributed by atoms with E-state index in [1.54, 1.807) is 23.5 Å². The van der Waals surface area contributed by atoms with Gasteiger partial charge in [-0.05, 0) is 32.9 Å². The predicted molar refractivity (Wildman–Crippen MR) is 75.5 cm³/mol. The van der Waals surface area contributed by atoms with Crippen molar-refractivity contribution in [2.24, 2.45) is 5.10 Å². The first-order valence-corrected chi connectivity index (χ1v) is 6.42. The molecule has 0 bridgehead atoms. The lowest BCUT2D eigenvalue weighted by Gasteiger charge is -2.03. The van der Waals surface area contributed by atoms with Gasteiger partial charge in [-0.25, -0.2) is 4.98 Å². The molecule has 2 N–H and O–H groups in total. The van der Waals surface area contributed by atoms with E-state index >= 15 is 0 Å². The van der Waals surface area contributed by atoms with Gasteiger partial charge in [0.05, 0.1) is 11.4 Å². The van der Waals surface area contributed by atoms with Crippen LogP contribution >= 0.6 is 11.3 Å². The summed E-state index contributed by atoms with van der Waals surface area (Å²) in [7, 11) is 0. The molecule has 0 saturated heterocycles. The molecule has 4 nitrogen and oxygen atoms in total. The van der Waals surface area contributed by atoms with Crippen LogP contribution in [0.5, 0.6) is 5.75 Å². The Morgan fingerprint density at radius 1 is 1.33 bits per heavy atom. The normalized spacial score (nSPS) is 11.6. The lowest BCUT2D eigenvalue weighted by molar-refractivity contribution is 0.474. The molecule has 0 atom stereocenters. The number of phenols is 1. The van der Waals surface area contributed by atoms with Gasteiger partial charge in [0.2, 0.25) is 5.13 Å². The first kappa shape index (κ1) is 12.6. The molecule has 1 heterocycles. The van der Waals surface area contributed by atoms with Gasteiger partial charge in [-0.1, -0.05) is 12.1 Å². The molecule has 94 valence electrons. The number of hydrogen-bond acceptors (Lipinski definition) is 5. The van der Waals surface area contributed by atoms with E-state index in [0.29, 0.717) is 0 Å². The van der Waals surface area contributed by atoms with Gasteiger partial charge in [0.25, 0.3) is 0 Å². The maximum Gasteiger partial charge on any atom is 0.203 e. The zero-order valence-corrected chi connectivity index (χ0v) is 11.4. The second-order valence-electron chi connectivity index (χ2n) is 3.99. The van der Waals surface area contributed by atoms with Crippen LogP contribution in [0.3, 0.4) is 0 Å². The van der Waals surface area contributed by atoms with Gasteiger partial charge < -0.3 is 5.11 Å². The average Bonchev–Trinajstić information content (AvgIpc) is 2.66. The number of aromatic nitrogens is 1. The molecule has 1 aromatic heterocycles. The third-order valence-electron chi connectivity index (χ3n) is 2.64. The van der Waals surface area contributed by atoms with Crippen LogP contribution in [0.4, 0.5) is 5.13 Å². The number of para-hydroxylation sites is 1. The van der Waals surface area contributed by atoms with Gasteiger partial charge in [0.15, 0.2) is 0 Å². The van der Waals surface area contributed by atoms with Crippen LogP contribution in [0.15, 0.2) is 29.4 Å². The van der Waals surface area contributed by atoms with Gasteiger partial charge in [-0.2, -0.15) is 5.10 Å². The number of hydrogen-bond donors (Lipinski definition) is 2. The van der Waals surface area contributed by atoms with E-state index in [2.05, 4.69) is 15.5 Å². The fourth-order valence-electron chi connectivity index (χ4n) is 1.49. The standard InChI is InChI=1S/C13H15N3OS/c1-8-10(3)18-13(14-8)16-15-9(2)11-6-4-5-7-12(11)17/h4-7,17H,1-3H3,(H,14,16)/b15-9-. The van der Waals surface area contributed by atoms with Crippen molar-refractivity contribution >= 4 is 22.2 Å². The molecule has 18 heavy (non-hydrogen) atoms. The average molecular weight is 261 g/mol. The van der Waals surface area contributed by atoms with Gasteiger partial charge in [0.1, 0.15) is 5.75 Å². The summed E-state index contributed by atoms with van der Waals surface area (Å²) in [6.07, 6.45) is 0. The largest absolute Gasteiger partial charge is 0.507 e. The fourth-order valence-corrected chi connectivity index (χ4v) is 2.25. The second kappa shape index (κ2) is 5.18. The molecule has 1 aromatic carbocycles. The van der Waals surface area contributed by atoms with Crippen LogP contribution in [0.25, 0.3) is 0 Å². The molecule has 0 aliphatic carbocycles. The molecule has 0 aliphatic rings. The van der Waals surface area contributed by atoms with Gasteiger partial charge in [-0.15, -0.1) is 11.3 Å². The molecular formula is C13H15N3OS. The molecule has 0 unspecified atom stereocenters. The zero-order valence-electron chi connectivity index (χ0n) is 10.6. The number of hydrazone groups is 1. The minimum absolute atomic E-state index is 0.229. The number of aryl methyl sites for hydroxylation is 2. The van der Waals surface area contributed by atoms with E-state index < -0.39 is 0 Å². The van der Waals surface area contributed by atoms with Crippen LogP contribution in [0.2, 0.25) is 0 Å². The first-order valence-electron chi connectivity index (χ1n) is 5.60. The number of benzene rings is 1. The van der Waals surface area contributed by atoms with Crippen molar-refractivity contribution < 1.29 is 5.11 Å². The number of nitrogens with one attached hydrogen (secondary N) is 1. The van der Waals surface area contributed by atoms with Crippen LogP contribution < -0.4 is 5.43 Å². The summed E-state index contributed by atoms with van der Waals surface area (Å²) in [5.41, 5.74) is 5.37. The topological polar surface area (TPSA) is 57.5 Å². The number of rotatable bonds is 3. The van der Waals surface area contributed by atoms with E-state index in [1.165, 1.54) is 4.88 Å². The van der Waals surface area contributed by atoms with Crippen molar-refractivity contribution in [2.75, 3.05) is 5.43 Å². The number of thiazole rings is 1. The van der Waals surface area contributed by atoms with E-state index in [-0.39, 0.29) is 5.75 Å². The third-order valence-corrected chi connectivity index (χ3v) is 3.62. The summed E-state index contributed by atoms with van der Waals surface area (Å²) in [4.78, 5) is 5.51. The fraction of sp³-hybridized carbons (Fsp3) is 0.231. The van der Waals surface area contributed by atoms with Crippen LogP contribution in [0, 0.1) is 13.8 Å². The van der Waals surface area contributed by atoms with Crippen molar-refractivity contribution in [1.29, 1.82) is 0 Å². The van der Waals surface area contributed by atoms with Crippen molar-refractivity contribution in [2.45, 2.75) is 20.8 Å². The Morgan fingerprint density at radius 3 is 2.67 bits per heavy atom. The van der Waals surface area contributed by atoms with Crippen molar-refractivity contribution in [3.05, 3.63) is 40.4 Å². The van der Waals surface area contributed by atoms with E-state index in [4.69, 9.17) is 0 Å². The SMILES string of the molecule is C/C(=N/Nc1nc(C)c(C)s1)c1ccccc1O. The second-order valence-corrected chi connectivity index (χ2v) is 5.19. The molecule has 0 saturated carbocycles. The Labute approximate surface area is 110 Å². The maximum absolute atomic E-state index is 9.70. The lowest BCUT2D eigenvalue weighted by atomic mass is 10.1. The van der Waals surface area contributed by atoms with Gasteiger partial charge in [0, 0.05) is 10.4 Å².